The van der Waals surface area contributed by atoms with E-state index >= 15 is 0 Å². The molecule has 3 heterocycles. The second-order valence-electron chi connectivity index (χ2n) is 3.99. The standard InChI is InChI=1S/C10H9FN4O2S/c11-7-1-2-9-13-10(14-15(9)5-7)12-8-3-4-18(16,17)6-8/h1-5,8H,6H2,(H,12,14). The van der Waals surface area contributed by atoms with Gasteiger partial charge < -0.3 is 5.32 Å². The minimum absolute atomic E-state index is 0.0170. The van der Waals surface area contributed by atoms with Crippen molar-refractivity contribution >= 4 is 21.4 Å². The molecule has 3 rings (SSSR count). The Hall–Kier alpha value is -1.96. The molecule has 18 heavy (non-hydrogen) atoms. The summed E-state index contributed by atoms with van der Waals surface area (Å²) in [5, 5.41) is 8.05. The molecule has 0 spiro atoms. The average Bonchev–Trinajstić information content (AvgIpc) is 2.81. The lowest BCUT2D eigenvalue weighted by Gasteiger charge is -2.05. The largest absolute Gasteiger partial charge is 0.346 e. The number of fused-ring (bicyclic) bond motifs is 1. The molecule has 1 N–H and O–H groups in total. The van der Waals surface area contributed by atoms with Crippen LogP contribution in [0.2, 0.25) is 0 Å². The Balaban J connectivity index is 1.86. The van der Waals surface area contributed by atoms with E-state index in [9.17, 15) is 12.8 Å². The van der Waals surface area contributed by atoms with Crippen LogP contribution in [0.3, 0.4) is 0 Å². The van der Waals surface area contributed by atoms with Crippen molar-refractivity contribution in [2.75, 3.05) is 11.1 Å². The summed E-state index contributed by atoms with van der Waals surface area (Å²) in [5.74, 6) is -0.161. The van der Waals surface area contributed by atoms with E-state index in [0.717, 1.165) is 0 Å². The summed E-state index contributed by atoms with van der Waals surface area (Å²) in [6.07, 6.45) is 2.75. The van der Waals surface area contributed by atoms with E-state index in [1.165, 1.54) is 28.3 Å². The summed E-state index contributed by atoms with van der Waals surface area (Å²) in [5.41, 5.74) is 0.490. The van der Waals surface area contributed by atoms with E-state index < -0.39 is 15.7 Å². The third kappa shape index (κ3) is 2.06. The van der Waals surface area contributed by atoms with Gasteiger partial charge in [-0.05, 0) is 18.2 Å². The van der Waals surface area contributed by atoms with Gasteiger partial charge in [-0.1, -0.05) is 0 Å². The molecule has 8 heteroatoms. The third-order valence-corrected chi connectivity index (χ3v) is 3.93. The van der Waals surface area contributed by atoms with Gasteiger partial charge in [0, 0.05) is 5.41 Å². The topological polar surface area (TPSA) is 76.4 Å². The van der Waals surface area contributed by atoms with E-state index in [2.05, 4.69) is 15.4 Å². The third-order valence-electron chi connectivity index (χ3n) is 2.54. The SMILES string of the molecule is O=S1(=O)C=CC(Nc2nc3ccc(F)cn3n2)C1. The number of rotatable bonds is 2. The van der Waals surface area contributed by atoms with Crippen molar-refractivity contribution in [1.82, 2.24) is 14.6 Å². The molecule has 0 radical (unpaired) electrons. The number of nitrogens with one attached hydrogen (secondary N) is 1. The number of nitrogens with zero attached hydrogens (tertiary/aromatic N) is 3. The summed E-state index contributed by atoms with van der Waals surface area (Å²) in [6.45, 7) is 0. The maximum Gasteiger partial charge on any atom is 0.243 e. The van der Waals surface area contributed by atoms with Crippen LogP contribution in [0.4, 0.5) is 10.3 Å². The first-order valence-electron chi connectivity index (χ1n) is 5.21. The van der Waals surface area contributed by atoms with E-state index in [1.807, 2.05) is 0 Å². The molecule has 0 saturated heterocycles. The van der Waals surface area contributed by atoms with E-state index in [0.29, 0.717) is 5.65 Å². The van der Waals surface area contributed by atoms with Gasteiger partial charge in [0.1, 0.15) is 5.82 Å². The molecule has 1 unspecified atom stereocenters. The van der Waals surface area contributed by atoms with Gasteiger partial charge in [-0.15, -0.1) is 5.10 Å². The smallest absolute Gasteiger partial charge is 0.243 e. The normalized spacial score (nSPS) is 21.5. The summed E-state index contributed by atoms with van der Waals surface area (Å²) in [7, 11) is -3.12. The molecular weight excluding hydrogens is 259 g/mol. The lowest BCUT2D eigenvalue weighted by molar-refractivity contribution is 0.605. The van der Waals surface area contributed by atoms with E-state index in [1.54, 1.807) is 6.08 Å². The zero-order chi connectivity index (χ0) is 12.8. The lowest BCUT2D eigenvalue weighted by Crippen LogP contribution is -2.21. The lowest BCUT2D eigenvalue weighted by atomic mass is 10.3. The molecule has 1 aliphatic heterocycles. The second-order valence-corrected chi connectivity index (χ2v) is 5.93. The highest BCUT2D eigenvalue weighted by Crippen LogP contribution is 2.13. The van der Waals surface area contributed by atoms with Crippen molar-refractivity contribution < 1.29 is 12.8 Å². The van der Waals surface area contributed by atoms with Gasteiger partial charge in [-0.2, -0.15) is 4.98 Å². The monoisotopic (exact) mass is 268 g/mol. The molecule has 0 saturated carbocycles. The highest BCUT2D eigenvalue weighted by Gasteiger charge is 2.22. The van der Waals surface area contributed by atoms with Gasteiger partial charge in [-0.3, -0.25) is 0 Å². The number of hydrogen-bond acceptors (Lipinski definition) is 5. The minimum Gasteiger partial charge on any atom is -0.346 e. The minimum atomic E-state index is -3.12. The molecule has 6 nitrogen and oxygen atoms in total. The quantitative estimate of drug-likeness (QED) is 0.862. The number of hydrogen-bond donors (Lipinski definition) is 1. The first-order valence-corrected chi connectivity index (χ1v) is 6.93. The fraction of sp³-hybridized carbons (Fsp3) is 0.200. The van der Waals surface area contributed by atoms with Crippen LogP contribution in [0.1, 0.15) is 0 Å². The highest BCUT2D eigenvalue weighted by atomic mass is 32.2. The van der Waals surface area contributed by atoms with Gasteiger partial charge in [0.2, 0.25) is 5.95 Å². The van der Waals surface area contributed by atoms with Gasteiger partial charge in [0.15, 0.2) is 15.5 Å². The molecule has 0 fully saturated rings. The Morgan fingerprint density at radius 1 is 1.44 bits per heavy atom. The zero-order valence-corrected chi connectivity index (χ0v) is 9.93. The fourth-order valence-corrected chi connectivity index (χ4v) is 2.99. The number of pyridine rings is 1. The maximum atomic E-state index is 13.0. The van der Waals surface area contributed by atoms with Gasteiger partial charge >= 0.3 is 0 Å². The van der Waals surface area contributed by atoms with Crippen LogP contribution < -0.4 is 5.32 Å². The molecule has 0 aromatic carbocycles. The van der Waals surface area contributed by atoms with Gasteiger partial charge in [-0.25, -0.2) is 17.3 Å². The van der Waals surface area contributed by atoms with Crippen molar-refractivity contribution in [3.05, 3.63) is 35.6 Å². The van der Waals surface area contributed by atoms with Gasteiger partial charge in [0.25, 0.3) is 0 Å². The predicted molar refractivity (Wildman–Crippen MR) is 63.3 cm³/mol. The molecule has 2 aromatic heterocycles. The average molecular weight is 268 g/mol. The van der Waals surface area contributed by atoms with Crippen LogP contribution in [0.25, 0.3) is 5.65 Å². The highest BCUT2D eigenvalue weighted by molar-refractivity contribution is 7.94. The molecule has 0 amide bonds. The van der Waals surface area contributed by atoms with E-state index in [4.69, 9.17) is 0 Å². The molecule has 94 valence electrons. The Morgan fingerprint density at radius 3 is 3.00 bits per heavy atom. The van der Waals surface area contributed by atoms with Crippen molar-refractivity contribution in [1.29, 1.82) is 0 Å². The van der Waals surface area contributed by atoms with Crippen molar-refractivity contribution in [2.45, 2.75) is 6.04 Å². The number of sulfone groups is 1. The van der Waals surface area contributed by atoms with Crippen molar-refractivity contribution in [2.24, 2.45) is 0 Å². The van der Waals surface area contributed by atoms with Crippen molar-refractivity contribution in [3.63, 3.8) is 0 Å². The summed E-state index contributed by atoms with van der Waals surface area (Å²) in [6, 6.07) is 2.43. The molecule has 0 aliphatic carbocycles. The molecule has 0 bridgehead atoms. The molecular formula is C10H9FN4O2S. The van der Waals surface area contributed by atoms with Crippen LogP contribution in [0.15, 0.2) is 29.8 Å². The number of halogens is 1. The Labute approximate surface area is 102 Å². The van der Waals surface area contributed by atoms with Crippen LogP contribution >= 0.6 is 0 Å². The Morgan fingerprint density at radius 2 is 2.28 bits per heavy atom. The molecule has 2 aromatic rings. The predicted octanol–water partition coefficient (Wildman–Crippen LogP) is 0.591. The van der Waals surface area contributed by atoms with Crippen molar-refractivity contribution in [3.8, 4) is 0 Å². The number of aromatic nitrogens is 3. The Kier molecular flexibility index (Phi) is 2.34. The van der Waals surface area contributed by atoms with E-state index in [-0.39, 0.29) is 17.7 Å². The maximum absolute atomic E-state index is 13.0. The summed E-state index contributed by atoms with van der Waals surface area (Å²) < 4.78 is 36.7. The summed E-state index contributed by atoms with van der Waals surface area (Å²) >= 11 is 0. The van der Waals surface area contributed by atoms with Crippen LogP contribution in [0, 0.1) is 5.82 Å². The first kappa shape index (κ1) is 11.1. The second kappa shape index (κ2) is 3.77. The van der Waals surface area contributed by atoms with Crippen LogP contribution in [-0.4, -0.2) is 34.8 Å². The zero-order valence-electron chi connectivity index (χ0n) is 9.12. The fourth-order valence-electron chi connectivity index (χ4n) is 1.75. The molecule has 1 aliphatic rings. The Bertz CT molecular complexity index is 737. The first-order chi connectivity index (χ1) is 8.52. The molecule has 1 atom stereocenters. The summed E-state index contributed by atoms with van der Waals surface area (Å²) in [4.78, 5) is 4.11. The van der Waals surface area contributed by atoms with Gasteiger partial charge in [0.05, 0.1) is 18.0 Å². The number of anilines is 1. The van der Waals surface area contributed by atoms with Crippen LogP contribution in [0.5, 0.6) is 0 Å². The van der Waals surface area contributed by atoms with Crippen LogP contribution in [-0.2, 0) is 9.84 Å².